The second-order valence-corrected chi connectivity index (χ2v) is 9.67. The van der Waals surface area contributed by atoms with Crippen molar-refractivity contribution in [3.63, 3.8) is 0 Å². The fraction of sp³-hybridized carbons (Fsp3) is 0.179. The summed E-state index contributed by atoms with van der Waals surface area (Å²) in [5, 5.41) is 14.3. The van der Waals surface area contributed by atoms with Crippen molar-refractivity contribution in [2.75, 3.05) is 36.3 Å². The summed E-state index contributed by atoms with van der Waals surface area (Å²) < 4.78 is 5.18. The van der Waals surface area contributed by atoms with Crippen molar-refractivity contribution < 1.29 is 24.2 Å². The number of aliphatic hydroxyl groups excluding tert-OH is 1. The van der Waals surface area contributed by atoms with Crippen LogP contribution in [0.3, 0.4) is 0 Å². The highest BCUT2D eigenvalue weighted by atomic mass is 35.5. The van der Waals surface area contributed by atoms with E-state index >= 15 is 0 Å². The van der Waals surface area contributed by atoms with Crippen molar-refractivity contribution >= 4 is 63.6 Å². The zero-order valence-corrected chi connectivity index (χ0v) is 22.6. The Kier molecular flexibility index (Phi) is 7.66. The first-order valence-corrected chi connectivity index (χ1v) is 12.3. The number of amides is 2. The Morgan fingerprint density at radius 2 is 1.58 bits per heavy atom. The maximum atomic E-state index is 13.4. The van der Waals surface area contributed by atoms with Gasteiger partial charge >= 0.3 is 0 Å². The smallest absolute Gasteiger partial charge is 0.300 e. The van der Waals surface area contributed by atoms with E-state index in [4.69, 9.17) is 27.9 Å². The topological polar surface area (TPSA) is 99.2 Å². The third-order valence-electron chi connectivity index (χ3n) is 6.11. The number of hydrogen-bond donors (Lipinski definition) is 2. The van der Waals surface area contributed by atoms with E-state index < -0.39 is 23.5 Å². The molecule has 1 saturated heterocycles. The summed E-state index contributed by atoms with van der Waals surface area (Å²) in [6.45, 7) is 1.39. The Hall–Kier alpha value is -4.01. The SMILES string of the molecule is COc1c(Cl)cc(/C(O)=C2\C(=O)C(=O)N(c3ccc(NC(C)=O)cc3)C2c2ccc(N(C)C)cc2)cc1Cl. The van der Waals surface area contributed by atoms with Crippen LogP contribution in [0.2, 0.25) is 10.0 Å². The van der Waals surface area contributed by atoms with Crippen LogP contribution in [0.15, 0.2) is 66.2 Å². The Morgan fingerprint density at radius 1 is 1.00 bits per heavy atom. The van der Waals surface area contributed by atoms with Crippen molar-refractivity contribution in [1.29, 1.82) is 0 Å². The van der Waals surface area contributed by atoms with Crippen molar-refractivity contribution in [3.8, 4) is 5.75 Å². The van der Waals surface area contributed by atoms with Gasteiger partial charge < -0.3 is 20.1 Å². The van der Waals surface area contributed by atoms with Crippen LogP contribution in [0, 0.1) is 0 Å². The van der Waals surface area contributed by atoms with E-state index in [1.807, 2.05) is 31.1 Å². The van der Waals surface area contributed by atoms with E-state index in [1.165, 1.54) is 31.1 Å². The van der Waals surface area contributed by atoms with Gasteiger partial charge in [0.2, 0.25) is 5.91 Å². The zero-order chi connectivity index (χ0) is 27.7. The minimum atomic E-state index is -0.947. The molecule has 196 valence electrons. The van der Waals surface area contributed by atoms with Gasteiger partial charge in [0.1, 0.15) is 5.76 Å². The third kappa shape index (κ3) is 5.05. The summed E-state index contributed by atoms with van der Waals surface area (Å²) in [6.07, 6.45) is 0. The van der Waals surface area contributed by atoms with Crippen LogP contribution in [0.5, 0.6) is 5.75 Å². The third-order valence-corrected chi connectivity index (χ3v) is 6.67. The summed E-state index contributed by atoms with van der Waals surface area (Å²) in [5.74, 6) is -2.12. The summed E-state index contributed by atoms with van der Waals surface area (Å²) in [6, 6.07) is 15.7. The largest absolute Gasteiger partial charge is 0.507 e. The number of aliphatic hydroxyl groups is 1. The number of rotatable bonds is 6. The fourth-order valence-electron chi connectivity index (χ4n) is 4.32. The lowest BCUT2D eigenvalue weighted by molar-refractivity contribution is -0.132. The molecule has 0 spiro atoms. The van der Waals surface area contributed by atoms with Crippen LogP contribution in [0.4, 0.5) is 17.1 Å². The standard InChI is InChI=1S/C28H25Cl2N3O5/c1-15(34)31-18-7-11-20(12-8-18)33-24(16-5-9-19(10-6-16)32(2)3)23(26(36)28(33)37)25(35)17-13-21(29)27(38-4)22(30)14-17/h5-14,24,35H,1-4H3,(H,31,34)/b25-23+. The van der Waals surface area contributed by atoms with Gasteiger partial charge in [-0.15, -0.1) is 0 Å². The number of hydrogen-bond acceptors (Lipinski definition) is 6. The van der Waals surface area contributed by atoms with E-state index in [9.17, 15) is 19.5 Å². The van der Waals surface area contributed by atoms with Crippen LogP contribution in [-0.2, 0) is 14.4 Å². The lowest BCUT2D eigenvalue weighted by Gasteiger charge is -2.26. The van der Waals surface area contributed by atoms with Crippen LogP contribution in [0.1, 0.15) is 24.1 Å². The number of ether oxygens (including phenoxy) is 1. The monoisotopic (exact) mass is 553 g/mol. The van der Waals surface area contributed by atoms with Gasteiger partial charge in [-0.05, 0) is 54.1 Å². The molecule has 4 rings (SSSR count). The van der Waals surface area contributed by atoms with Crippen molar-refractivity contribution in [2.45, 2.75) is 13.0 Å². The van der Waals surface area contributed by atoms with E-state index in [0.717, 1.165) is 5.69 Å². The predicted molar refractivity (Wildman–Crippen MR) is 149 cm³/mol. The van der Waals surface area contributed by atoms with E-state index in [0.29, 0.717) is 16.9 Å². The quantitative estimate of drug-likeness (QED) is 0.232. The first kappa shape index (κ1) is 27.0. The average molecular weight is 554 g/mol. The Balaban J connectivity index is 1.90. The molecular formula is C28H25Cl2N3O5. The number of ketones is 1. The molecule has 1 heterocycles. The van der Waals surface area contributed by atoms with Crippen molar-refractivity contribution in [2.24, 2.45) is 0 Å². The predicted octanol–water partition coefficient (Wildman–Crippen LogP) is 5.65. The normalized spacial score (nSPS) is 16.5. The molecule has 0 saturated carbocycles. The number of benzene rings is 3. The number of halogens is 2. The summed E-state index contributed by atoms with van der Waals surface area (Å²) in [7, 11) is 5.20. The van der Waals surface area contributed by atoms with Crippen LogP contribution in [-0.4, -0.2) is 43.9 Å². The van der Waals surface area contributed by atoms with Crippen LogP contribution >= 0.6 is 23.2 Å². The van der Waals surface area contributed by atoms with Crippen LogP contribution in [0.25, 0.3) is 5.76 Å². The second kappa shape index (κ2) is 10.8. The number of Topliss-reactive ketones (excluding diaryl/α,β-unsaturated/α-hetero) is 1. The molecule has 1 atom stereocenters. The number of carbonyl (C=O) groups excluding carboxylic acids is 3. The second-order valence-electron chi connectivity index (χ2n) is 8.86. The number of anilines is 3. The van der Waals surface area contributed by atoms with Crippen molar-refractivity contribution in [1.82, 2.24) is 0 Å². The molecule has 2 N–H and O–H groups in total. The average Bonchev–Trinajstić information content (AvgIpc) is 3.13. The van der Waals surface area contributed by atoms with E-state index in [1.54, 1.807) is 36.4 Å². The van der Waals surface area contributed by atoms with E-state index in [-0.39, 0.29) is 32.8 Å². The fourth-order valence-corrected chi connectivity index (χ4v) is 4.97. The molecule has 0 aliphatic carbocycles. The lowest BCUT2D eigenvalue weighted by Crippen LogP contribution is -2.29. The Bertz CT molecular complexity index is 1430. The molecular weight excluding hydrogens is 529 g/mol. The maximum absolute atomic E-state index is 13.4. The summed E-state index contributed by atoms with van der Waals surface area (Å²) >= 11 is 12.6. The number of nitrogens with zero attached hydrogens (tertiary/aromatic N) is 2. The van der Waals surface area contributed by atoms with Crippen molar-refractivity contribution in [3.05, 3.63) is 87.4 Å². The molecule has 3 aromatic carbocycles. The molecule has 1 fully saturated rings. The number of carbonyl (C=O) groups is 3. The number of methoxy groups -OCH3 is 1. The molecule has 2 amide bonds. The molecule has 3 aromatic rings. The van der Waals surface area contributed by atoms with Gasteiger partial charge in [0.25, 0.3) is 11.7 Å². The van der Waals surface area contributed by atoms with Gasteiger partial charge in [-0.25, -0.2) is 0 Å². The minimum absolute atomic E-state index is 0.115. The summed E-state index contributed by atoms with van der Waals surface area (Å²) in [4.78, 5) is 41.5. The minimum Gasteiger partial charge on any atom is -0.507 e. The molecule has 0 radical (unpaired) electrons. The molecule has 1 unspecified atom stereocenters. The maximum Gasteiger partial charge on any atom is 0.300 e. The molecule has 8 nitrogen and oxygen atoms in total. The first-order valence-electron chi connectivity index (χ1n) is 11.5. The van der Waals surface area contributed by atoms with Gasteiger partial charge in [-0.3, -0.25) is 19.3 Å². The number of nitrogens with one attached hydrogen (secondary N) is 1. The molecule has 1 aliphatic rings. The van der Waals surface area contributed by atoms with Gasteiger partial charge in [0.05, 0.1) is 28.8 Å². The van der Waals surface area contributed by atoms with E-state index in [2.05, 4.69) is 5.32 Å². The highest BCUT2D eigenvalue weighted by molar-refractivity contribution is 6.51. The molecule has 0 aromatic heterocycles. The van der Waals surface area contributed by atoms with Gasteiger partial charge in [-0.2, -0.15) is 0 Å². The lowest BCUT2D eigenvalue weighted by atomic mass is 9.94. The Labute approximate surface area is 230 Å². The van der Waals surface area contributed by atoms with Crippen LogP contribution < -0.4 is 19.9 Å². The van der Waals surface area contributed by atoms with Gasteiger partial charge in [-0.1, -0.05) is 35.3 Å². The summed E-state index contributed by atoms with van der Waals surface area (Å²) in [5.41, 5.74) is 2.51. The molecule has 1 aliphatic heterocycles. The van der Waals surface area contributed by atoms with Gasteiger partial charge in [0, 0.05) is 43.6 Å². The first-order chi connectivity index (χ1) is 18.0. The molecule has 0 bridgehead atoms. The highest BCUT2D eigenvalue weighted by Crippen LogP contribution is 2.44. The zero-order valence-electron chi connectivity index (χ0n) is 21.1. The Morgan fingerprint density at radius 3 is 2.08 bits per heavy atom. The molecule has 38 heavy (non-hydrogen) atoms. The highest BCUT2D eigenvalue weighted by Gasteiger charge is 2.47. The van der Waals surface area contributed by atoms with Gasteiger partial charge in [0.15, 0.2) is 5.75 Å². The molecule has 10 heteroatoms.